The number of hydrogen-bond donors (Lipinski definition) is 0. The molecular formula is C23H28N2O3S2. The van der Waals surface area contributed by atoms with Crippen molar-refractivity contribution in [2.24, 2.45) is 0 Å². The van der Waals surface area contributed by atoms with E-state index in [-0.39, 0.29) is 5.75 Å². The summed E-state index contributed by atoms with van der Waals surface area (Å²) in [6, 6.07) is 13.7. The molecule has 3 aromatic rings. The van der Waals surface area contributed by atoms with Gasteiger partial charge in [0.25, 0.3) is 0 Å². The lowest BCUT2D eigenvalue weighted by molar-refractivity contribution is -0.116. The van der Waals surface area contributed by atoms with E-state index in [1.54, 1.807) is 0 Å². The van der Waals surface area contributed by atoms with Crippen molar-refractivity contribution in [2.45, 2.75) is 46.6 Å². The first-order chi connectivity index (χ1) is 14.3. The van der Waals surface area contributed by atoms with Crippen LogP contribution in [0.25, 0.3) is 10.2 Å². The van der Waals surface area contributed by atoms with Crippen LogP contribution in [0.2, 0.25) is 0 Å². The Morgan fingerprint density at radius 3 is 2.53 bits per heavy atom. The molecule has 3 rings (SSSR count). The van der Waals surface area contributed by atoms with E-state index >= 15 is 0 Å². The van der Waals surface area contributed by atoms with Crippen molar-refractivity contribution in [1.29, 1.82) is 0 Å². The van der Waals surface area contributed by atoms with Crippen LogP contribution in [0, 0.1) is 13.8 Å². The maximum Gasteiger partial charge on any atom is 0.244 e. The molecule has 1 heterocycles. The third-order valence-electron chi connectivity index (χ3n) is 4.94. The van der Waals surface area contributed by atoms with Gasteiger partial charge in [-0.15, -0.1) is 0 Å². The highest BCUT2D eigenvalue weighted by molar-refractivity contribution is 7.92. The fourth-order valence-electron chi connectivity index (χ4n) is 3.41. The highest BCUT2D eigenvalue weighted by Gasteiger charge is 2.25. The average Bonchev–Trinajstić information content (AvgIpc) is 3.10. The molecule has 0 spiro atoms. The lowest BCUT2D eigenvalue weighted by Crippen LogP contribution is -2.36. The van der Waals surface area contributed by atoms with Gasteiger partial charge in [0.15, 0.2) is 15.0 Å². The van der Waals surface area contributed by atoms with Crippen LogP contribution in [0.1, 0.15) is 42.9 Å². The number of fused-ring (bicyclic) bond motifs is 1. The number of nitrogens with zero attached hydrogens (tertiary/aromatic N) is 2. The maximum absolute atomic E-state index is 13.1. The van der Waals surface area contributed by atoms with Gasteiger partial charge in [-0.1, -0.05) is 67.5 Å². The topological polar surface area (TPSA) is 67.3 Å². The quantitative estimate of drug-likeness (QED) is 0.433. The standard InChI is InChI=1S/C23H28N2O3S2/c1-4-5-9-12-30(27,28)16-21(26)25(15-19-10-7-6-8-11-19)23-24-22-18(3)13-17(2)14-20(22)29-23/h6-8,10-11,13-14H,4-5,9,12,15-16H2,1-3H3. The Labute approximate surface area is 182 Å². The SMILES string of the molecule is CCCCCS(=O)(=O)CC(=O)N(Cc1ccccc1)c1nc2c(C)cc(C)cc2s1. The lowest BCUT2D eigenvalue weighted by atomic mass is 10.1. The molecule has 30 heavy (non-hydrogen) atoms. The number of carbonyl (C=O) groups excluding carboxylic acids is 1. The van der Waals surface area contributed by atoms with Crippen molar-refractivity contribution in [3.63, 3.8) is 0 Å². The second-order valence-corrected chi connectivity index (χ2v) is 10.9. The normalized spacial score (nSPS) is 11.7. The smallest absolute Gasteiger partial charge is 0.244 e. The summed E-state index contributed by atoms with van der Waals surface area (Å²) in [5.41, 5.74) is 3.97. The van der Waals surface area contributed by atoms with Gasteiger partial charge in [0, 0.05) is 0 Å². The fourth-order valence-corrected chi connectivity index (χ4v) is 5.89. The molecule has 1 amide bonds. The molecule has 0 bridgehead atoms. The van der Waals surface area contributed by atoms with Gasteiger partial charge >= 0.3 is 0 Å². The third kappa shape index (κ3) is 5.67. The number of rotatable bonds is 9. The minimum atomic E-state index is -3.46. The first-order valence-corrected chi connectivity index (χ1v) is 12.9. The predicted octanol–water partition coefficient (Wildman–Crippen LogP) is 5.05. The second-order valence-electron chi connectivity index (χ2n) is 7.69. The molecule has 0 N–H and O–H groups in total. The van der Waals surface area contributed by atoms with Crippen molar-refractivity contribution in [3.8, 4) is 0 Å². The third-order valence-corrected chi connectivity index (χ3v) is 7.56. The van der Waals surface area contributed by atoms with E-state index in [0.29, 0.717) is 18.1 Å². The zero-order valence-corrected chi connectivity index (χ0v) is 19.4. The van der Waals surface area contributed by atoms with Gasteiger partial charge in [-0.05, 0) is 43.0 Å². The summed E-state index contributed by atoms with van der Waals surface area (Å²) < 4.78 is 26.0. The van der Waals surface area contributed by atoms with Crippen molar-refractivity contribution >= 4 is 42.4 Å². The summed E-state index contributed by atoms with van der Waals surface area (Å²) in [4.78, 5) is 19.4. The lowest BCUT2D eigenvalue weighted by Gasteiger charge is -2.20. The molecule has 0 radical (unpaired) electrons. The molecule has 160 valence electrons. The minimum absolute atomic E-state index is 0.0455. The van der Waals surface area contributed by atoms with Crippen molar-refractivity contribution in [3.05, 3.63) is 59.2 Å². The van der Waals surface area contributed by atoms with Gasteiger partial charge in [0.2, 0.25) is 5.91 Å². The molecule has 0 aliphatic carbocycles. The summed E-state index contributed by atoms with van der Waals surface area (Å²) in [5, 5.41) is 0.538. The Balaban J connectivity index is 1.92. The van der Waals surface area contributed by atoms with Crippen LogP contribution in [0.4, 0.5) is 5.13 Å². The largest absolute Gasteiger partial charge is 0.283 e. The first-order valence-electron chi connectivity index (χ1n) is 10.2. The minimum Gasteiger partial charge on any atom is -0.283 e. The molecule has 5 nitrogen and oxygen atoms in total. The van der Waals surface area contributed by atoms with Crippen LogP contribution in [0.5, 0.6) is 0 Å². The van der Waals surface area contributed by atoms with Gasteiger partial charge in [-0.25, -0.2) is 13.4 Å². The van der Waals surface area contributed by atoms with Crippen LogP contribution < -0.4 is 4.90 Å². The molecule has 0 aliphatic rings. The average molecular weight is 445 g/mol. The summed E-state index contributed by atoms with van der Waals surface area (Å²) >= 11 is 1.43. The zero-order chi connectivity index (χ0) is 21.7. The fraction of sp³-hybridized carbons (Fsp3) is 0.391. The molecule has 1 aromatic heterocycles. The molecule has 0 atom stereocenters. The number of hydrogen-bond acceptors (Lipinski definition) is 5. The van der Waals surface area contributed by atoms with E-state index in [1.165, 1.54) is 16.2 Å². The number of anilines is 1. The molecule has 0 unspecified atom stereocenters. The monoisotopic (exact) mass is 444 g/mol. The summed E-state index contributed by atoms with van der Waals surface area (Å²) in [6.45, 7) is 6.35. The Bertz CT molecular complexity index is 1120. The number of thiazole rings is 1. The molecule has 0 saturated carbocycles. The number of aryl methyl sites for hydroxylation is 2. The number of aromatic nitrogens is 1. The molecule has 7 heteroatoms. The zero-order valence-electron chi connectivity index (χ0n) is 17.7. The van der Waals surface area contributed by atoms with Crippen LogP contribution in [-0.4, -0.2) is 30.8 Å². The Morgan fingerprint density at radius 1 is 1.10 bits per heavy atom. The van der Waals surface area contributed by atoms with E-state index < -0.39 is 21.5 Å². The maximum atomic E-state index is 13.1. The van der Waals surface area contributed by atoms with Gasteiger partial charge in [0.1, 0.15) is 5.75 Å². The molecule has 0 aliphatic heterocycles. The molecular weight excluding hydrogens is 416 g/mol. The van der Waals surface area contributed by atoms with Gasteiger partial charge in [0.05, 0.1) is 22.5 Å². The van der Waals surface area contributed by atoms with Crippen molar-refractivity contribution < 1.29 is 13.2 Å². The summed E-state index contributed by atoms with van der Waals surface area (Å²) in [7, 11) is -3.46. The highest BCUT2D eigenvalue weighted by Crippen LogP contribution is 2.32. The predicted molar refractivity (Wildman–Crippen MR) is 125 cm³/mol. The van der Waals surface area contributed by atoms with Crippen LogP contribution in [-0.2, 0) is 21.2 Å². The molecule has 2 aromatic carbocycles. The number of carbonyl (C=O) groups is 1. The van der Waals surface area contributed by atoms with E-state index in [2.05, 4.69) is 12.1 Å². The van der Waals surface area contributed by atoms with E-state index in [9.17, 15) is 13.2 Å². The van der Waals surface area contributed by atoms with E-state index in [1.807, 2.05) is 51.1 Å². The van der Waals surface area contributed by atoms with Crippen LogP contribution >= 0.6 is 11.3 Å². The Kier molecular flexibility index (Phi) is 7.26. The van der Waals surface area contributed by atoms with Gasteiger partial charge in [-0.3, -0.25) is 9.69 Å². The first kappa shape index (κ1) is 22.4. The highest BCUT2D eigenvalue weighted by atomic mass is 32.2. The Morgan fingerprint density at radius 2 is 1.83 bits per heavy atom. The van der Waals surface area contributed by atoms with Crippen molar-refractivity contribution in [2.75, 3.05) is 16.4 Å². The van der Waals surface area contributed by atoms with Gasteiger partial charge < -0.3 is 0 Å². The van der Waals surface area contributed by atoms with Crippen LogP contribution in [0.15, 0.2) is 42.5 Å². The molecule has 0 saturated heterocycles. The number of amides is 1. The van der Waals surface area contributed by atoms with E-state index in [4.69, 9.17) is 4.98 Å². The van der Waals surface area contributed by atoms with Gasteiger partial charge in [-0.2, -0.15) is 0 Å². The second kappa shape index (κ2) is 9.71. The Hall–Kier alpha value is -2.25. The molecule has 0 fully saturated rings. The van der Waals surface area contributed by atoms with E-state index in [0.717, 1.165) is 39.7 Å². The van der Waals surface area contributed by atoms with Crippen molar-refractivity contribution in [1.82, 2.24) is 4.98 Å². The summed E-state index contributed by atoms with van der Waals surface area (Å²) in [6.07, 6.45) is 2.37. The van der Waals surface area contributed by atoms with Crippen LogP contribution in [0.3, 0.4) is 0 Å². The number of sulfone groups is 1. The summed E-state index contributed by atoms with van der Waals surface area (Å²) in [5.74, 6) is -0.870. The number of benzene rings is 2. The number of unbranched alkanes of at least 4 members (excludes halogenated alkanes) is 2.